The van der Waals surface area contributed by atoms with Crippen molar-refractivity contribution in [3.8, 4) is 11.5 Å². The number of hydrogen-bond acceptors (Lipinski definition) is 3. The summed E-state index contributed by atoms with van der Waals surface area (Å²) in [5.41, 5.74) is 0.968. The smallest absolute Gasteiger partial charge is 0.256 e. The van der Waals surface area contributed by atoms with E-state index in [9.17, 15) is 4.79 Å². The van der Waals surface area contributed by atoms with Crippen LogP contribution in [0.3, 0.4) is 0 Å². The summed E-state index contributed by atoms with van der Waals surface area (Å²) in [5.74, 6) is 0.855. The van der Waals surface area contributed by atoms with Gasteiger partial charge < -0.3 is 14.8 Å². The van der Waals surface area contributed by atoms with Gasteiger partial charge in [0.05, 0.1) is 16.3 Å². The molecule has 0 bridgehead atoms. The summed E-state index contributed by atoms with van der Waals surface area (Å²) in [6, 6.07) is 8.62. The molecule has 7 heteroatoms. The zero-order valence-electron chi connectivity index (χ0n) is 10.5. The second-order valence-electron chi connectivity index (χ2n) is 4.26. The zero-order chi connectivity index (χ0) is 15.0. The van der Waals surface area contributed by atoms with Crippen LogP contribution in [-0.4, -0.2) is 12.7 Å². The van der Waals surface area contributed by atoms with E-state index in [1.54, 1.807) is 24.3 Å². The Morgan fingerprint density at radius 2 is 1.86 bits per heavy atom. The maximum absolute atomic E-state index is 12.3. The van der Waals surface area contributed by atoms with Gasteiger partial charge in [-0.1, -0.05) is 27.5 Å². The van der Waals surface area contributed by atoms with Gasteiger partial charge in [0.2, 0.25) is 6.79 Å². The van der Waals surface area contributed by atoms with Crippen molar-refractivity contribution in [2.24, 2.45) is 0 Å². The first kappa shape index (κ1) is 14.7. The molecule has 21 heavy (non-hydrogen) atoms. The lowest BCUT2D eigenvalue weighted by atomic mass is 10.2. The van der Waals surface area contributed by atoms with Gasteiger partial charge in [0.1, 0.15) is 0 Å². The summed E-state index contributed by atoms with van der Waals surface area (Å²) in [4.78, 5) is 12.3. The minimum atomic E-state index is -0.274. The highest BCUT2D eigenvalue weighted by atomic mass is 79.9. The van der Waals surface area contributed by atoms with Gasteiger partial charge in [-0.3, -0.25) is 4.79 Å². The third-order valence-electron chi connectivity index (χ3n) is 2.88. The Morgan fingerprint density at radius 1 is 1.14 bits per heavy atom. The maximum Gasteiger partial charge on any atom is 0.256 e. The van der Waals surface area contributed by atoms with Crippen molar-refractivity contribution in [1.82, 2.24) is 0 Å². The molecule has 2 aromatic rings. The number of nitrogens with one attached hydrogen (secondary N) is 1. The van der Waals surface area contributed by atoms with Gasteiger partial charge in [0, 0.05) is 21.1 Å². The number of ether oxygens (including phenoxy) is 2. The monoisotopic (exact) mass is 431 g/mol. The second kappa shape index (κ2) is 5.87. The van der Waals surface area contributed by atoms with E-state index < -0.39 is 0 Å². The quantitative estimate of drug-likeness (QED) is 0.737. The molecule has 1 N–H and O–H groups in total. The van der Waals surface area contributed by atoms with Crippen molar-refractivity contribution in [3.05, 3.63) is 49.9 Å². The number of rotatable bonds is 2. The Balaban J connectivity index is 1.90. The Labute approximate surface area is 142 Å². The van der Waals surface area contributed by atoms with E-state index in [4.69, 9.17) is 21.1 Å². The average Bonchev–Trinajstić information content (AvgIpc) is 2.88. The molecule has 4 nitrogen and oxygen atoms in total. The van der Waals surface area contributed by atoms with E-state index >= 15 is 0 Å². The summed E-state index contributed by atoms with van der Waals surface area (Å²) >= 11 is 12.8. The molecular weight excluding hydrogens is 425 g/mol. The number of benzene rings is 2. The molecule has 0 aliphatic carbocycles. The van der Waals surface area contributed by atoms with Crippen LogP contribution in [0, 0.1) is 0 Å². The molecule has 0 radical (unpaired) electrons. The van der Waals surface area contributed by atoms with Crippen molar-refractivity contribution in [1.29, 1.82) is 0 Å². The molecule has 0 saturated heterocycles. The number of carbonyl (C=O) groups excluding carboxylic acids is 1. The SMILES string of the molecule is O=C(Nc1cc2c(cc1Cl)OCO2)c1cc(Br)ccc1Br. The molecule has 108 valence electrons. The summed E-state index contributed by atoms with van der Waals surface area (Å²) in [6.07, 6.45) is 0. The number of fused-ring (bicyclic) bond motifs is 1. The molecule has 0 spiro atoms. The van der Waals surface area contributed by atoms with E-state index in [-0.39, 0.29) is 12.7 Å². The van der Waals surface area contributed by atoms with Crippen LogP contribution in [0.15, 0.2) is 39.3 Å². The fourth-order valence-corrected chi connectivity index (χ4v) is 2.86. The molecular formula is C14H8Br2ClNO3. The highest BCUT2D eigenvalue weighted by Crippen LogP contribution is 2.39. The normalized spacial score (nSPS) is 12.3. The van der Waals surface area contributed by atoms with E-state index in [2.05, 4.69) is 37.2 Å². The summed E-state index contributed by atoms with van der Waals surface area (Å²) in [6.45, 7) is 0.153. The Hall–Kier alpha value is -1.24. The molecule has 1 heterocycles. The van der Waals surface area contributed by atoms with Gasteiger partial charge in [-0.2, -0.15) is 0 Å². The van der Waals surface area contributed by atoms with Crippen LogP contribution in [0.4, 0.5) is 5.69 Å². The Morgan fingerprint density at radius 3 is 2.62 bits per heavy atom. The van der Waals surface area contributed by atoms with Crippen molar-refractivity contribution >= 4 is 55.1 Å². The van der Waals surface area contributed by atoms with Crippen molar-refractivity contribution in [2.75, 3.05) is 12.1 Å². The molecule has 1 amide bonds. The number of halogens is 3. The molecule has 0 saturated carbocycles. The highest BCUT2D eigenvalue weighted by molar-refractivity contribution is 9.11. The van der Waals surface area contributed by atoms with E-state index in [0.29, 0.717) is 32.2 Å². The summed E-state index contributed by atoms with van der Waals surface area (Å²) < 4.78 is 12.0. The topological polar surface area (TPSA) is 47.6 Å². The summed E-state index contributed by atoms with van der Waals surface area (Å²) in [5, 5.41) is 3.15. The fraction of sp³-hybridized carbons (Fsp3) is 0.0714. The molecule has 1 aliphatic heterocycles. The van der Waals surface area contributed by atoms with E-state index in [1.807, 2.05) is 6.07 Å². The van der Waals surface area contributed by atoms with Crippen LogP contribution in [0.25, 0.3) is 0 Å². The van der Waals surface area contributed by atoms with Crippen LogP contribution in [0.2, 0.25) is 5.02 Å². The minimum Gasteiger partial charge on any atom is -0.454 e. The second-order valence-corrected chi connectivity index (χ2v) is 6.44. The van der Waals surface area contributed by atoms with Gasteiger partial charge in [-0.25, -0.2) is 0 Å². The molecule has 0 unspecified atom stereocenters. The third-order valence-corrected chi connectivity index (χ3v) is 4.38. The lowest BCUT2D eigenvalue weighted by molar-refractivity contribution is 0.102. The first-order chi connectivity index (χ1) is 10.0. The first-order valence-corrected chi connectivity index (χ1v) is 7.86. The maximum atomic E-state index is 12.3. The first-order valence-electron chi connectivity index (χ1n) is 5.90. The minimum absolute atomic E-state index is 0.153. The average molecular weight is 433 g/mol. The number of amides is 1. The van der Waals surface area contributed by atoms with Crippen LogP contribution in [-0.2, 0) is 0 Å². The standard InChI is InChI=1S/C14H8Br2ClNO3/c15-7-1-2-9(16)8(3-7)14(19)18-11-5-13-12(4-10(11)17)20-6-21-13/h1-5H,6H2,(H,18,19). The Bertz CT molecular complexity index is 736. The van der Waals surface area contributed by atoms with Gasteiger partial charge in [0.25, 0.3) is 5.91 Å². The molecule has 3 rings (SSSR count). The zero-order valence-corrected chi connectivity index (χ0v) is 14.4. The fourth-order valence-electron chi connectivity index (χ4n) is 1.87. The van der Waals surface area contributed by atoms with Crippen molar-refractivity contribution < 1.29 is 14.3 Å². The van der Waals surface area contributed by atoms with Gasteiger partial charge >= 0.3 is 0 Å². The number of anilines is 1. The molecule has 1 aliphatic rings. The molecule has 0 aromatic heterocycles. The highest BCUT2D eigenvalue weighted by Gasteiger charge is 2.19. The third kappa shape index (κ3) is 3.02. The molecule has 2 aromatic carbocycles. The van der Waals surface area contributed by atoms with Crippen molar-refractivity contribution in [2.45, 2.75) is 0 Å². The van der Waals surface area contributed by atoms with E-state index in [1.165, 1.54) is 0 Å². The van der Waals surface area contributed by atoms with Gasteiger partial charge in [-0.15, -0.1) is 0 Å². The van der Waals surface area contributed by atoms with Gasteiger partial charge in [-0.05, 0) is 34.1 Å². The van der Waals surface area contributed by atoms with Crippen LogP contribution >= 0.6 is 43.5 Å². The van der Waals surface area contributed by atoms with Crippen LogP contribution in [0.1, 0.15) is 10.4 Å². The number of hydrogen-bond donors (Lipinski definition) is 1. The van der Waals surface area contributed by atoms with Crippen LogP contribution in [0.5, 0.6) is 11.5 Å². The lowest BCUT2D eigenvalue weighted by Gasteiger charge is -2.10. The van der Waals surface area contributed by atoms with E-state index in [0.717, 1.165) is 4.47 Å². The predicted molar refractivity (Wildman–Crippen MR) is 87.4 cm³/mol. The van der Waals surface area contributed by atoms with Gasteiger partial charge in [0.15, 0.2) is 11.5 Å². The van der Waals surface area contributed by atoms with Crippen molar-refractivity contribution in [3.63, 3.8) is 0 Å². The molecule has 0 atom stereocenters. The lowest BCUT2D eigenvalue weighted by Crippen LogP contribution is -2.13. The summed E-state index contributed by atoms with van der Waals surface area (Å²) in [7, 11) is 0. The predicted octanol–water partition coefficient (Wildman–Crippen LogP) is 4.85. The number of carbonyl (C=O) groups is 1. The Kier molecular flexibility index (Phi) is 4.10. The largest absolute Gasteiger partial charge is 0.454 e. The molecule has 0 fully saturated rings. The van der Waals surface area contributed by atoms with Crippen LogP contribution < -0.4 is 14.8 Å².